The normalized spacial score (nSPS) is 21.9. The number of hydrogen-bond donors (Lipinski definition) is 1. The van der Waals surface area contributed by atoms with Gasteiger partial charge < -0.3 is 10.6 Å². The fourth-order valence-corrected chi connectivity index (χ4v) is 3.22. The van der Waals surface area contributed by atoms with Crippen molar-refractivity contribution in [2.45, 2.75) is 19.4 Å². The van der Waals surface area contributed by atoms with Crippen LogP contribution in [0.5, 0.6) is 0 Å². The fraction of sp³-hybridized carbons (Fsp3) is 0.400. The van der Waals surface area contributed by atoms with Gasteiger partial charge in [-0.3, -0.25) is 15.1 Å². The van der Waals surface area contributed by atoms with Crippen LogP contribution >= 0.6 is 0 Å². The third kappa shape index (κ3) is 2.31. The number of anilines is 1. The Hall–Kier alpha value is -2.21. The molecule has 0 bridgehead atoms. The zero-order valence-electron chi connectivity index (χ0n) is 11.9. The van der Waals surface area contributed by atoms with Crippen molar-refractivity contribution < 1.29 is 4.92 Å². The van der Waals surface area contributed by atoms with Crippen molar-refractivity contribution in [2.75, 3.05) is 18.0 Å². The average molecular weight is 286 g/mol. The van der Waals surface area contributed by atoms with E-state index < -0.39 is 0 Å². The van der Waals surface area contributed by atoms with Crippen LogP contribution in [0, 0.1) is 16.0 Å². The zero-order valence-corrected chi connectivity index (χ0v) is 11.9. The zero-order chi connectivity index (χ0) is 15.0. The van der Waals surface area contributed by atoms with Crippen molar-refractivity contribution >= 4 is 22.1 Å². The van der Waals surface area contributed by atoms with Gasteiger partial charge in [0.15, 0.2) is 0 Å². The molecule has 3 rings (SSSR count). The van der Waals surface area contributed by atoms with Gasteiger partial charge in [0, 0.05) is 42.1 Å². The molecule has 21 heavy (non-hydrogen) atoms. The first kappa shape index (κ1) is 13.8. The van der Waals surface area contributed by atoms with Crippen molar-refractivity contribution in [3.8, 4) is 0 Å². The van der Waals surface area contributed by atoms with E-state index in [1.165, 1.54) is 0 Å². The summed E-state index contributed by atoms with van der Waals surface area (Å²) in [5.74, 6) is 0.479. The number of nitrogens with two attached hydrogens (primary N) is 1. The number of aromatic nitrogens is 1. The Morgan fingerprint density at radius 2 is 2.24 bits per heavy atom. The summed E-state index contributed by atoms with van der Waals surface area (Å²) in [6, 6.07) is 5.65. The molecule has 2 aromatic rings. The Bertz CT molecular complexity index is 688. The molecule has 2 heterocycles. The number of pyridine rings is 1. The van der Waals surface area contributed by atoms with Gasteiger partial charge >= 0.3 is 0 Å². The highest BCUT2D eigenvalue weighted by Crippen LogP contribution is 2.37. The molecule has 1 aromatic carbocycles. The molecule has 1 fully saturated rings. The lowest BCUT2D eigenvalue weighted by atomic mass is 10.1. The predicted octanol–water partition coefficient (Wildman–Crippen LogP) is 2.32. The van der Waals surface area contributed by atoms with E-state index in [1.54, 1.807) is 18.5 Å². The largest absolute Gasteiger partial charge is 0.368 e. The molecule has 0 radical (unpaired) electrons. The Morgan fingerprint density at radius 1 is 1.43 bits per heavy atom. The summed E-state index contributed by atoms with van der Waals surface area (Å²) in [4.78, 5) is 17.1. The molecule has 0 aliphatic carbocycles. The number of rotatable bonds is 3. The van der Waals surface area contributed by atoms with Crippen LogP contribution in [0.25, 0.3) is 10.8 Å². The Morgan fingerprint density at radius 3 is 2.90 bits per heavy atom. The minimum atomic E-state index is -0.357. The van der Waals surface area contributed by atoms with Crippen molar-refractivity contribution in [1.29, 1.82) is 0 Å². The number of nitrogens with zero attached hydrogens (tertiary/aromatic N) is 3. The molecule has 1 aliphatic heterocycles. The van der Waals surface area contributed by atoms with E-state index in [0.717, 1.165) is 24.0 Å². The third-order valence-electron chi connectivity index (χ3n) is 4.27. The summed E-state index contributed by atoms with van der Waals surface area (Å²) < 4.78 is 0. The molecule has 0 saturated carbocycles. The first-order valence-corrected chi connectivity index (χ1v) is 7.09. The minimum Gasteiger partial charge on any atom is -0.368 e. The van der Waals surface area contributed by atoms with Crippen molar-refractivity contribution in [1.82, 2.24) is 4.98 Å². The highest BCUT2D eigenvalue weighted by Gasteiger charge is 2.30. The summed E-state index contributed by atoms with van der Waals surface area (Å²) in [5, 5.41) is 12.6. The van der Waals surface area contributed by atoms with Gasteiger partial charge in [0.05, 0.1) is 10.3 Å². The summed E-state index contributed by atoms with van der Waals surface area (Å²) in [7, 11) is 0. The average Bonchev–Trinajstić information content (AvgIpc) is 2.87. The number of hydrogen-bond acceptors (Lipinski definition) is 5. The third-order valence-corrected chi connectivity index (χ3v) is 4.27. The van der Waals surface area contributed by atoms with E-state index in [2.05, 4.69) is 16.8 Å². The first-order chi connectivity index (χ1) is 10.1. The van der Waals surface area contributed by atoms with E-state index in [9.17, 15) is 10.1 Å². The molecule has 1 saturated heterocycles. The summed E-state index contributed by atoms with van der Waals surface area (Å²) in [6.07, 6.45) is 4.30. The van der Waals surface area contributed by atoms with Crippen LogP contribution in [0.3, 0.4) is 0 Å². The Labute approximate surface area is 122 Å². The number of non-ortho nitro benzene ring substituents is 1. The van der Waals surface area contributed by atoms with E-state index in [-0.39, 0.29) is 10.6 Å². The van der Waals surface area contributed by atoms with Crippen LogP contribution in [-0.4, -0.2) is 29.0 Å². The summed E-state index contributed by atoms with van der Waals surface area (Å²) in [5.41, 5.74) is 6.92. The van der Waals surface area contributed by atoms with E-state index in [4.69, 9.17) is 5.73 Å². The van der Waals surface area contributed by atoms with Gasteiger partial charge in [0.25, 0.3) is 5.69 Å². The van der Waals surface area contributed by atoms with Gasteiger partial charge in [-0.25, -0.2) is 0 Å². The first-order valence-electron chi connectivity index (χ1n) is 7.09. The second-order valence-electron chi connectivity index (χ2n) is 5.62. The minimum absolute atomic E-state index is 0.101. The monoisotopic (exact) mass is 286 g/mol. The maximum absolute atomic E-state index is 11.2. The van der Waals surface area contributed by atoms with Gasteiger partial charge in [0.1, 0.15) is 0 Å². The lowest BCUT2D eigenvalue weighted by molar-refractivity contribution is -0.383. The standard InChI is InChI=1S/C15H18N4O2/c1-10-6-11(7-16)9-18(10)14-2-3-15(19(20)21)13-8-17-5-4-12(13)14/h2-5,8,10-11H,6-7,9,16H2,1H3. The SMILES string of the molecule is CC1CC(CN)CN1c1ccc([N+](=O)[O-])c2cnccc12. The Kier molecular flexibility index (Phi) is 3.47. The molecule has 0 amide bonds. The van der Waals surface area contributed by atoms with Gasteiger partial charge in [-0.05, 0) is 37.9 Å². The molecule has 110 valence electrons. The maximum Gasteiger partial charge on any atom is 0.278 e. The second kappa shape index (κ2) is 5.29. The molecule has 2 unspecified atom stereocenters. The van der Waals surface area contributed by atoms with Gasteiger partial charge in [-0.15, -0.1) is 0 Å². The highest BCUT2D eigenvalue weighted by molar-refractivity contribution is 5.99. The lowest BCUT2D eigenvalue weighted by Gasteiger charge is -2.25. The molecular weight excluding hydrogens is 268 g/mol. The molecule has 6 nitrogen and oxygen atoms in total. The quantitative estimate of drug-likeness (QED) is 0.691. The van der Waals surface area contributed by atoms with Gasteiger partial charge in [-0.2, -0.15) is 0 Å². The molecule has 1 aliphatic rings. The Balaban J connectivity index is 2.12. The van der Waals surface area contributed by atoms with Crippen molar-refractivity contribution in [3.63, 3.8) is 0 Å². The van der Waals surface area contributed by atoms with Crippen LogP contribution in [0.1, 0.15) is 13.3 Å². The molecule has 6 heteroatoms. The molecule has 1 aromatic heterocycles. The van der Waals surface area contributed by atoms with Crippen LogP contribution in [0.4, 0.5) is 11.4 Å². The van der Waals surface area contributed by atoms with Crippen LogP contribution in [0.15, 0.2) is 30.6 Å². The number of fused-ring (bicyclic) bond motifs is 1. The number of nitro groups is 1. The van der Waals surface area contributed by atoms with Crippen LogP contribution in [0.2, 0.25) is 0 Å². The van der Waals surface area contributed by atoms with Crippen LogP contribution < -0.4 is 10.6 Å². The second-order valence-corrected chi connectivity index (χ2v) is 5.62. The van der Waals surface area contributed by atoms with Crippen LogP contribution in [-0.2, 0) is 0 Å². The fourth-order valence-electron chi connectivity index (χ4n) is 3.22. The number of nitro benzene ring substituents is 1. The topological polar surface area (TPSA) is 85.3 Å². The highest BCUT2D eigenvalue weighted by atomic mass is 16.6. The lowest BCUT2D eigenvalue weighted by Crippen LogP contribution is -2.27. The van der Waals surface area contributed by atoms with Crippen molar-refractivity contribution in [2.24, 2.45) is 11.7 Å². The van der Waals surface area contributed by atoms with E-state index in [1.807, 2.05) is 12.1 Å². The van der Waals surface area contributed by atoms with E-state index >= 15 is 0 Å². The molecule has 2 N–H and O–H groups in total. The summed E-state index contributed by atoms with van der Waals surface area (Å²) in [6.45, 7) is 3.74. The maximum atomic E-state index is 11.2. The van der Waals surface area contributed by atoms with Gasteiger partial charge in [-0.1, -0.05) is 0 Å². The predicted molar refractivity (Wildman–Crippen MR) is 82.4 cm³/mol. The molecular formula is C15H18N4O2. The molecule has 2 atom stereocenters. The summed E-state index contributed by atoms with van der Waals surface area (Å²) >= 11 is 0. The van der Waals surface area contributed by atoms with E-state index in [0.29, 0.717) is 23.9 Å². The number of benzene rings is 1. The smallest absolute Gasteiger partial charge is 0.278 e. The van der Waals surface area contributed by atoms with Crippen molar-refractivity contribution in [3.05, 3.63) is 40.7 Å². The molecule has 0 spiro atoms. The van der Waals surface area contributed by atoms with Gasteiger partial charge in [0.2, 0.25) is 0 Å².